The van der Waals surface area contributed by atoms with Gasteiger partial charge < -0.3 is 15.4 Å². The first kappa shape index (κ1) is 24.8. The highest BCUT2D eigenvalue weighted by Gasteiger charge is 2.28. The molecule has 12 heteroatoms. The van der Waals surface area contributed by atoms with E-state index in [9.17, 15) is 29.3 Å². The van der Waals surface area contributed by atoms with Crippen LogP contribution in [0.1, 0.15) is 38.1 Å². The molecule has 11 nitrogen and oxygen atoms in total. The fourth-order valence-electron chi connectivity index (χ4n) is 2.21. The lowest BCUT2D eigenvalue weighted by Crippen LogP contribution is -2.47. The Labute approximate surface area is 177 Å². The normalized spacial score (nSPS) is 11.6. The molecule has 164 valence electrons. The Morgan fingerprint density at radius 3 is 2.27 bits per heavy atom. The lowest BCUT2D eigenvalue weighted by molar-refractivity contribution is -0.384. The summed E-state index contributed by atoms with van der Waals surface area (Å²) in [6.45, 7) is 5.97. The molecule has 0 aliphatic heterocycles. The molecule has 0 bridgehead atoms. The van der Waals surface area contributed by atoms with E-state index in [1.807, 2.05) is 5.32 Å². The summed E-state index contributed by atoms with van der Waals surface area (Å²) in [5.41, 5.74) is -0.354. The second-order valence-electron chi connectivity index (χ2n) is 6.90. The molecule has 0 spiro atoms. The largest absolute Gasteiger partial charge is 0.454 e. The van der Waals surface area contributed by atoms with Gasteiger partial charge >= 0.3 is 12.0 Å². The Morgan fingerprint density at radius 1 is 1.13 bits per heavy atom. The van der Waals surface area contributed by atoms with E-state index in [-0.39, 0.29) is 22.3 Å². The van der Waals surface area contributed by atoms with Gasteiger partial charge in [-0.1, -0.05) is 25.4 Å². The first-order valence-corrected chi connectivity index (χ1v) is 9.32. The summed E-state index contributed by atoms with van der Waals surface area (Å²) >= 11 is 5.93. The molecule has 1 aromatic rings. The Morgan fingerprint density at radius 2 is 1.77 bits per heavy atom. The maximum atomic E-state index is 12.4. The van der Waals surface area contributed by atoms with Gasteiger partial charge in [0.2, 0.25) is 0 Å². The third kappa shape index (κ3) is 7.66. The minimum atomic E-state index is -1.12. The number of hydrogen-bond donors (Lipinski definition) is 3. The predicted octanol–water partition coefficient (Wildman–Crippen LogP) is 1.78. The molecule has 0 saturated carbocycles. The van der Waals surface area contributed by atoms with E-state index in [2.05, 4.69) is 10.6 Å². The van der Waals surface area contributed by atoms with Gasteiger partial charge in [0, 0.05) is 18.2 Å². The quantitative estimate of drug-likeness (QED) is 0.314. The number of nitrogens with zero attached hydrogens (tertiary/aromatic N) is 1. The van der Waals surface area contributed by atoms with Gasteiger partial charge in [-0.05, 0) is 25.8 Å². The number of urea groups is 1. The summed E-state index contributed by atoms with van der Waals surface area (Å²) in [7, 11) is 0. The van der Waals surface area contributed by atoms with Crippen LogP contribution in [0.25, 0.3) is 0 Å². The molecular formula is C18H23ClN4O7. The predicted molar refractivity (Wildman–Crippen MR) is 107 cm³/mol. The zero-order valence-electron chi connectivity index (χ0n) is 16.9. The molecular weight excluding hydrogens is 420 g/mol. The minimum Gasteiger partial charge on any atom is -0.454 e. The highest BCUT2D eigenvalue weighted by atomic mass is 35.5. The van der Waals surface area contributed by atoms with Crippen LogP contribution < -0.4 is 16.0 Å². The van der Waals surface area contributed by atoms with Crippen LogP contribution in [0.3, 0.4) is 0 Å². The van der Waals surface area contributed by atoms with Crippen LogP contribution in [-0.4, -0.2) is 47.4 Å². The Kier molecular flexibility index (Phi) is 9.18. The number of non-ortho nitro benzene ring substituents is 1. The minimum absolute atomic E-state index is 0.0659. The van der Waals surface area contributed by atoms with E-state index < -0.39 is 47.3 Å². The fraction of sp³-hybridized carbons (Fsp3) is 0.444. The second kappa shape index (κ2) is 11.1. The molecule has 1 aromatic carbocycles. The Bertz CT molecular complexity index is 842. The smallest absolute Gasteiger partial charge is 0.329 e. The SMILES string of the molecule is CC(C)NC(=O)NC(=O)COC(=O)[C@@H](NC(=O)c1ccc([N+](=O)[O-])cc1Cl)C(C)C. The average Bonchev–Trinajstić information content (AvgIpc) is 2.62. The number of hydrogen-bond acceptors (Lipinski definition) is 7. The van der Waals surface area contributed by atoms with Gasteiger partial charge in [0.25, 0.3) is 17.5 Å². The average molecular weight is 443 g/mol. The van der Waals surface area contributed by atoms with Crippen molar-refractivity contribution in [2.24, 2.45) is 5.92 Å². The van der Waals surface area contributed by atoms with Crippen molar-refractivity contribution in [1.82, 2.24) is 16.0 Å². The molecule has 0 saturated heterocycles. The third-order valence-corrected chi connectivity index (χ3v) is 3.95. The summed E-state index contributed by atoms with van der Waals surface area (Å²) < 4.78 is 4.88. The van der Waals surface area contributed by atoms with Gasteiger partial charge in [0.05, 0.1) is 15.5 Å². The van der Waals surface area contributed by atoms with Gasteiger partial charge in [0.1, 0.15) is 6.04 Å². The summed E-state index contributed by atoms with van der Waals surface area (Å²) in [4.78, 5) is 58.0. The van der Waals surface area contributed by atoms with E-state index >= 15 is 0 Å². The van der Waals surface area contributed by atoms with Gasteiger partial charge in [0.15, 0.2) is 6.61 Å². The number of ether oxygens (including phenoxy) is 1. The number of nitrogens with one attached hydrogen (secondary N) is 3. The van der Waals surface area contributed by atoms with Crippen molar-refractivity contribution in [3.63, 3.8) is 0 Å². The molecule has 30 heavy (non-hydrogen) atoms. The van der Waals surface area contributed by atoms with Crippen molar-refractivity contribution in [1.29, 1.82) is 0 Å². The van der Waals surface area contributed by atoms with Crippen LogP contribution in [0, 0.1) is 16.0 Å². The number of nitro groups is 1. The summed E-state index contributed by atoms with van der Waals surface area (Å²) in [6, 6.07) is 1.25. The summed E-state index contributed by atoms with van der Waals surface area (Å²) in [5.74, 6) is -2.89. The molecule has 0 aliphatic carbocycles. The van der Waals surface area contributed by atoms with Crippen molar-refractivity contribution in [2.75, 3.05) is 6.61 Å². The number of nitro benzene ring substituents is 1. The summed E-state index contributed by atoms with van der Waals surface area (Å²) in [5, 5.41) is 17.5. The molecule has 0 unspecified atom stereocenters. The van der Waals surface area contributed by atoms with E-state index in [0.717, 1.165) is 12.1 Å². The van der Waals surface area contributed by atoms with Gasteiger partial charge in [-0.3, -0.25) is 25.0 Å². The van der Waals surface area contributed by atoms with Crippen LogP contribution in [-0.2, 0) is 14.3 Å². The van der Waals surface area contributed by atoms with Crippen LogP contribution in [0.5, 0.6) is 0 Å². The lowest BCUT2D eigenvalue weighted by Gasteiger charge is -2.21. The zero-order valence-corrected chi connectivity index (χ0v) is 17.6. The van der Waals surface area contributed by atoms with Crippen molar-refractivity contribution >= 4 is 41.1 Å². The van der Waals surface area contributed by atoms with Crippen LogP contribution >= 0.6 is 11.6 Å². The number of amides is 4. The Hall–Kier alpha value is -3.21. The van der Waals surface area contributed by atoms with Gasteiger partial charge in [-0.25, -0.2) is 9.59 Å². The topological polar surface area (TPSA) is 157 Å². The van der Waals surface area contributed by atoms with Crippen LogP contribution in [0.15, 0.2) is 18.2 Å². The third-order valence-electron chi connectivity index (χ3n) is 3.63. The van der Waals surface area contributed by atoms with E-state index in [1.165, 1.54) is 6.07 Å². The van der Waals surface area contributed by atoms with Gasteiger partial charge in [-0.2, -0.15) is 0 Å². The maximum Gasteiger partial charge on any atom is 0.329 e. The second-order valence-corrected chi connectivity index (χ2v) is 7.31. The number of benzene rings is 1. The number of rotatable bonds is 8. The molecule has 1 atom stereocenters. The first-order chi connectivity index (χ1) is 13.9. The van der Waals surface area contributed by atoms with Crippen molar-refractivity contribution in [3.8, 4) is 0 Å². The molecule has 1 rings (SSSR count). The van der Waals surface area contributed by atoms with E-state index in [4.69, 9.17) is 16.3 Å². The van der Waals surface area contributed by atoms with E-state index in [0.29, 0.717) is 0 Å². The Balaban J connectivity index is 2.74. The summed E-state index contributed by atoms with van der Waals surface area (Å²) in [6.07, 6.45) is 0. The van der Waals surface area contributed by atoms with Crippen LogP contribution in [0.2, 0.25) is 5.02 Å². The standard InChI is InChI=1S/C18H23ClN4O7/c1-9(2)15(17(26)30-8-14(24)21-18(27)20-10(3)4)22-16(25)12-6-5-11(23(28)29)7-13(12)19/h5-7,9-10,15H,8H2,1-4H3,(H,22,25)(H2,20,21,24,27)/t15-/m0/s1. The van der Waals surface area contributed by atoms with Crippen molar-refractivity contribution in [2.45, 2.75) is 39.8 Å². The lowest BCUT2D eigenvalue weighted by atomic mass is 10.0. The molecule has 0 aliphatic rings. The van der Waals surface area contributed by atoms with E-state index in [1.54, 1.807) is 27.7 Å². The molecule has 0 radical (unpaired) electrons. The highest BCUT2D eigenvalue weighted by Crippen LogP contribution is 2.22. The maximum absolute atomic E-state index is 12.4. The first-order valence-electron chi connectivity index (χ1n) is 8.94. The highest BCUT2D eigenvalue weighted by molar-refractivity contribution is 6.34. The van der Waals surface area contributed by atoms with Gasteiger partial charge in [-0.15, -0.1) is 0 Å². The van der Waals surface area contributed by atoms with Crippen LogP contribution in [0.4, 0.5) is 10.5 Å². The number of esters is 1. The number of imide groups is 1. The van der Waals surface area contributed by atoms with Crippen molar-refractivity contribution < 1.29 is 28.8 Å². The zero-order chi connectivity index (χ0) is 23.0. The molecule has 3 N–H and O–H groups in total. The van der Waals surface area contributed by atoms with Crippen molar-refractivity contribution in [3.05, 3.63) is 38.9 Å². The number of halogens is 1. The molecule has 4 amide bonds. The number of carbonyl (C=O) groups is 4. The monoisotopic (exact) mass is 442 g/mol. The molecule has 0 fully saturated rings. The molecule has 0 heterocycles. The molecule has 0 aromatic heterocycles. The fourth-order valence-corrected chi connectivity index (χ4v) is 2.47. The number of carbonyl (C=O) groups excluding carboxylic acids is 4.